The third-order valence-electron chi connectivity index (χ3n) is 8.12. The van der Waals surface area contributed by atoms with E-state index in [1.54, 1.807) is 7.11 Å². The molecule has 1 fully saturated rings. The number of aromatic amines is 1. The lowest BCUT2D eigenvalue weighted by molar-refractivity contribution is 0.199. The molecule has 1 atom stereocenters. The first-order chi connectivity index (χ1) is 20.0. The van der Waals surface area contributed by atoms with E-state index in [0.29, 0.717) is 17.9 Å². The number of pyridine rings is 1. The highest BCUT2D eigenvalue weighted by atomic mass is 16.5. The number of H-pyrrole nitrogens is 1. The fourth-order valence-corrected chi connectivity index (χ4v) is 5.79. The molecule has 0 aliphatic carbocycles. The van der Waals surface area contributed by atoms with Crippen molar-refractivity contribution in [3.63, 3.8) is 0 Å². The van der Waals surface area contributed by atoms with Gasteiger partial charge in [-0.05, 0) is 65.6 Å². The summed E-state index contributed by atoms with van der Waals surface area (Å²) < 4.78 is 7.31. The van der Waals surface area contributed by atoms with Crippen LogP contribution in [0, 0.1) is 13.8 Å². The normalized spacial score (nSPS) is 14.9. The van der Waals surface area contributed by atoms with Gasteiger partial charge in [-0.25, -0.2) is 4.68 Å². The lowest BCUT2D eigenvalue weighted by Gasteiger charge is -2.39. The number of piperazine rings is 1. The molecule has 9 heteroatoms. The lowest BCUT2D eigenvalue weighted by Crippen LogP contribution is -2.49. The number of nitrogens with one attached hydrogen (secondary N) is 1. The monoisotopic (exact) mass is 549 g/mol. The minimum absolute atomic E-state index is 0.107. The maximum Gasteiger partial charge on any atom is 0.253 e. The number of anilines is 1. The SMILES string of the molecule is COc1cccc(N2CCN([C@@H](c3cc4c(C)ccc(C)c4[nH]c3=O)c3nnnn3CCc3ccccc3)CC2)c1. The molecular weight excluding hydrogens is 514 g/mol. The van der Waals surface area contributed by atoms with E-state index in [0.717, 1.165) is 66.1 Å². The Balaban J connectivity index is 1.36. The average molecular weight is 550 g/mol. The first-order valence-corrected chi connectivity index (χ1v) is 14.1. The summed E-state index contributed by atoms with van der Waals surface area (Å²) in [6.45, 7) is 7.83. The third-order valence-corrected chi connectivity index (χ3v) is 8.12. The number of methoxy groups -OCH3 is 1. The zero-order chi connectivity index (χ0) is 28.3. The molecule has 1 saturated heterocycles. The Morgan fingerprint density at radius 1 is 0.927 bits per heavy atom. The van der Waals surface area contributed by atoms with Gasteiger partial charge in [0.1, 0.15) is 11.8 Å². The quantitative estimate of drug-likeness (QED) is 0.309. The van der Waals surface area contributed by atoms with Crippen molar-refractivity contribution in [3.8, 4) is 5.75 Å². The standard InChI is InChI=1S/C32H35N7O2/c1-22-12-13-23(2)29-27(22)21-28(32(40)33-29)30(31-34-35-36-39(31)15-14-24-8-5-4-6-9-24)38-18-16-37(17-19-38)25-10-7-11-26(20-25)41-3/h4-13,20-21,30H,14-19H2,1-3H3,(H,33,40)/t30-/m0/s1. The summed E-state index contributed by atoms with van der Waals surface area (Å²) in [6, 6.07) is 24.3. The summed E-state index contributed by atoms with van der Waals surface area (Å²) >= 11 is 0. The number of fused-ring (bicyclic) bond motifs is 1. The fraction of sp³-hybridized carbons (Fsp3) is 0.312. The number of aryl methyl sites for hydroxylation is 4. The number of nitrogens with zero attached hydrogens (tertiary/aromatic N) is 6. The van der Waals surface area contributed by atoms with E-state index in [1.807, 2.05) is 54.1 Å². The highest BCUT2D eigenvalue weighted by Crippen LogP contribution is 2.31. The van der Waals surface area contributed by atoms with Crippen molar-refractivity contribution in [3.05, 3.63) is 111 Å². The van der Waals surface area contributed by atoms with E-state index in [9.17, 15) is 4.79 Å². The number of aromatic nitrogens is 5. The molecular formula is C32H35N7O2. The van der Waals surface area contributed by atoms with E-state index in [2.05, 4.69) is 67.6 Å². The van der Waals surface area contributed by atoms with Crippen molar-refractivity contribution in [2.24, 2.45) is 0 Å². The van der Waals surface area contributed by atoms with Gasteiger partial charge in [0.25, 0.3) is 5.56 Å². The smallest absolute Gasteiger partial charge is 0.253 e. The summed E-state index contributed by atoms with van der Waals surface area (Å²) in [4.78, 5) is 21.6. The number of rotatable bonds is 8. The Kier molecular flexibility index (Phi) is 7.52. The highest BCUT2D eigenvalue weighted by molar-refractivity contribution is 5.85. The molecule has 2 aromatic heterocycles. The fourth-order valence-electron chi connectivity index (χ4n) is 5.79. The Bertz CT molecular complexity index is 1700. The summed E-state index contributed by atoms with van der Waals surface area (Å²) in [6.07, 6.45) is 0.793. The van der Waals surface area contributed by atoms with Crippen LogP contribution in [0.1, 0.15) is 34.1 Å². The molecule has 5 aromatic rings. The van der Waals surface area contributed by atoms with E-state index in [4.69, 9.17) is 4.74 Å². The molecule has 3 heterocycles. The van der Waals surface area contributed by atoms with Gasteiger partial charge in [-0.2, -0.15) is 0 Å². The van der Waals surface area contributed by atoms with E-state index < -0.39 is 0 Å². The van der Waals surface area contributed by atoms with Crippen LogP contribution in [0.3, 0.4) is 0 Å². The van der Waals surface area contributed by atoms with Crippen molar-refractivity contribution in [2.75, 3.05) is 38.2 Å². The van der Waals surface area contributed by atoms with Crippen molar-refractivity contribution >= 4 is 16.6 Å². The van der Waals surface area contributed by atoms with Gasteiger partial charge >= 0.3 is 0 Å². The highest BCUT2D eigenvalue weighted by Gasteiger charge is 2.33. The molecule has 9 nitrogen and oxygen atoms in total. The van der Waals surface area contributed by atoms with Crippen LogP contribution in [0.15, 0.2) is 77.6 Å². The first kappa shape index (κ1) is 26.7. The second kappa shape index (κ2) is 11.5. The van der Waals surface area contributed by atoms with Crippen molar-refractivity contribution in [1.82, 2.24) is 30.1 Å². The van der Waals surface area contributed by atoms with Gasteiger partial charge in [0, 0.05) is 55.4 Å². The number of hydrogen-bond donors (Lipinski definition) is 1. The summed E-state index contributed by atoms with van der Waals surface area (Å²) in [7, 11) is 1.69. The molecule has 0 amide bonds. The molecule has 0 unspecified atom stereocenters. The van der Waals surface area contributed by atoms with Crippen LogP contribution in [0.2, 0.25) is 0 Å². The Morgan fingerprint density at radius 3 is 2.49 bits per heavy atom. The predicted molar refractivity (Wildman–Crippen MR) is 161 cm³/mol. The predicted octanol–water partition coefficient (Wildman–Crippen LogP) is 4.29. The molecule has 0 bridgehead atoms. The lowest BCUT2D eigenvalue weighted by atomic mass is 9.99. The molecule has 41 heavy (non-hydrogen) atoms. The summed E-state index contributed by atoms with van der Waals surface area (Å²) in [5, 5.41) is 14.0. The number of hydrogen-bond acceptors (Lipinski definition) is 7. The Hall–Kier alpha value is -4.50. The first-order valence-electron chi connectivity index (χ1n) is 14.1. The van der Waals surface area contributed by atoms with Crippen molar-refractivity contribution in [1.29, 1.82) is 0 Å². The Morgan fingerprint density at radius 2 is 1.71 bits per heavy atom. The largest absolute Gasteiger partial charge is 0.497 e. The third kappa shape index (κ3) is 5.45. The average Bonchev–Trinajstić information content (AvgIpc) is 3.47. The van der Waals surface area contributed by atoms with Gasteiger partial charge < -0.3 is 14.6 Å². The topological polar surface area (TPSA) is 92.2 Å². The number of benzene rings is 3. The molecule has 210 valence electrons. The van der Waals surface area contributed by atoms with E-state index in [1.165, 1.54) is 5.56 Å². The van der Waals surface area contributed by atoms with Crippen LogP contribution in [-0.4, -0.2) is 63.4 Å². The zero-order valence-electron chi connectivity index (χ0n) is 23.7. The molecule has 0 radical (unpaired) electrons. The maximum atomic E-state index is 13.7. The van der Waals surface area contributed by atoms with Crippen LogP contribution in [0.25, 0.3) is 10.9 Å². The molecule has 1 aliphatic heterocycles. The molecule has 6 rings (SSSR count). The number of ether oxygens (including phenoxy) is 1. The van der Waals surface area contributed by atoms with Crippen molar-refractivity contribution in [2.45, 2.75) is 32.9 Å². The molecule has 1 aliphatic rings. The van der Waals surface area contributed by atoms with Gasteiger partial charge in [-0.15, -0.1) is 5.10 Å². The van der Waals surface area contributed by atoms with Gasteiger partial charge in [0.05, 0.1) is 12.6 Å². The van der Waals surface area contributed by atoms with Crippen LogP contribution in [-0.2, 0) is 13.0 Å². The molecule has 0 spiro atoms. The van der Waals surface area contributed by atoms with E-state index >= 15 is 0 Å². The number of tetrazole rings is 1. The second-order valence-corrected chi connectivity index (χ2v) is 10.7. The van der Waals surface area contributed by atoms with Gasteiger partial charge in [0.15, 0.2) is 5.82 Å². The van der Waals surface area contributed by atoms with E-state index in [-0.39, 0.29) is 11.6 Å². The summed E-state index contributed by atoms with van der Waals surface area (Å²) in [5.74, 6) is 1.53. The van der Waals surface area contributed by atoms with Crippen molar-refractivity contribution < 1.29 is 4.74 Å². The second-order valence-electron chi connectivity index (χ2n) is 10.7. The van der Waals surface area contributed by atoms with Crippen LogP contribution in [0.5, 0.6) is 5.75 Å². The van der Waals surface area contributed by atoms with Crippen LogP contribution in [0.4, 0.5) is 5.69 Å². The minimum Gasteiger partial charge on any atom is -0.497 e. The molecule has 0 saturated carbocycles. The molecule has 1 N–H and O–H groups in total. The zero-order valence-corrected chi connectivity index (χ0v) is 23.7. The van der Waals surface area contributed by atoms with Gasteiger partial charge in [-0.1, -0.05) is 48.5 Å². The van der Waals surface area contributed by atoms with Gasteiger partial charge in [-0.3, -0.25) is 9.69 Å². The Labute approximate surface area is 239 Å². The van der Waals surface area contributed by atoms with Gasteiger partial charge in [0.2, 0.25) is 0 Å². The van der Waals surface area contributed by atoms with Crippen LogP contribution >= 0.6 is 0 Å². The molecule has 3 aromatic carbocycles. The summed E-state index contributed by atoms with van der Waals surface area (Å²) in [5.41, 5.74) is 5.94. The maximum absolute atomic E-state index is 13.7. The van der Waals surface area contributed by atoms with Crippen LogP contribution < -0.4 is 15.2 Å². The minimum atomic E-state index is -0.388.